The average molecular weight is 460 g/mol. The molecule has 174 valence electrons. The zero-order chi connectivity index (χ0) is 23.3. The molecule has 3 aromatic rings. The van der Waals surface area contributed by atoms with Crippen LogP contribution < -0.4 is 0 Å². The molecule has 2 amide bonds. The number of methoxy groups -OCH3 is 1. The molecule has 0 saturated carbocycles. The third-order valence-corrected chi connectivity index (χ3v) is 7.07. The van der Waals surface area contributed by atoms with Crippen LogP contribution in [0.2, 0.25) is 0 Å². The van der Waals surface area contributed by atoms with Crippen molar-refractivity contribution < 1.29 is 23.5 Å². The summed E-state index contributed by atoms with van der Waals surface area (Å²) in [6.45, 7) is 1.91. The largest absolute Gasteiger partial charge is 0.464 e. The number of carbonyl (C=O) groups is 2. The topological polar surface area (TPSA) is 84.6 Å². The highest BCUT2D eigenvalue weighted by molar-refractivity contribution is 6.16. The smallest absolute Gasteiger partial charge is 0.409 e. The van der Waals surface area contributed by atoms with Crippen LogP contribution in [0.15, 0.2) is 64.2 Å². The van der Waals surface area contributed by atoms with Gasteiger partial charge in [-0.05, 0) is 29.3 Å². The molecule has 1 aromatic heterocycles. The zero-order valence-corrected chi connectivity index (χ0v) is 18.9. The third kappa shape index (κ3) is 3.28. The quantitative estimate of drug-likeness (QED) is 0.597. The number of hydrogen-bond acceptors (Lipinski definition) is 6. The van der Waals surface area contributed by atoms with Crippen LogP contribution in [-0.2, 0) is 14.3 Å². The van der Waals surface area contributed by atoms with Crippen molar-refractivity contribution in [3.05, 3.63) is 60.4 Å². The van der Waals surface area contributed by atoms with Crippen molar-refractivity contribution in [2.45, 2.75) is 24.4 Å². The van der Waals surface area contributed by atoms with E-state index in [2.05, 4.69) is 18.2 Å². The van der Waals surface area contributed by atoms with E-state index in [9.17, 15) is 9.59 Å². The van der Waals surface area contributed by atoms with E-state index in [-0.39, 0.29) is 18.0 Å². The van der Waals surface area contributed by atoms with E-state index in [1.165, 1.54) is 7.11 Å². The van der Waals surface area contributed by atoms with Crippen LogP contribution in [0.3, 0.4) is 0 Å². The molecule has 8 heteroatoms. The predicted octanol–water partition coefficient (Wildman–Crippen LogP) is 3.69. The van der Waals surface area contributed by atoms with Gasteiger partial charge in [-0.1, -0.05) is 30.3 Å². The number of benzene rings is 2. The van der Waals surface area contributed by atoms with Gasteiger partial charge in [-0.2, -0.15) is 0 Å². The molecule has 0 aliphatic carbocycles. The van der Waals surface area contributed by atoms with E-state index in [1.807, 2.05) is 30.3 Å². The Morgan fingerprint density at radius 2 is 1.74 bits per heavy atom. The fourth-order valence-electron chi connectivity index (χ4n) is 5.06. The third-order valence-electron chi connectivity index (χ3n) is 7.07. The van der Waals surface area contributed by atoms with Crippen molar-refractivity contribution in [2.75, 3.05) is 33.4 Å². The van der Waals surface area contributed by atoms with Crippen LogP contribution in [0.5, 0.6) is 0 Å². The van der Waals surface area contributed by atoms with Gasteiger partial charge in [0.2, 0.25) is 0 Å². The molecule has 8 nitrogen and oxygen atoms in total. The van der Waals surface area contributed by atoms with Crippen molar-refractivity contribution in [1.29, 1.82) is 0 Å². The number of rotatable bonds is 3. The van der Waals surface area contributed by atoms with E-state index >= 15 is 0 Å². The second-order valence-electron chi connectivity index (χ2n) is 9.03. The summed E-state index contributed by atoms with van der Waals surface area (Å²) in [5, 5.41) is 1.06. The van der Waals surface area contributed by atoms with Crippen LogP contribution in [0.4, 0.5) is 4.79 Å². The van der Waals surface area contributed by atoms with Crippen LogP contribution >= 0.6 is 0 Å². The number of furan rings is 1. The van der Waals surface area contributed by atoms with E-state index in [4.69, 9.17) is 18.9 Å². The molecule has 6 rings (SSSR count). The van der Waals surface area contributed by atoms with Gasteiger partial charge < -0.3 is 18.8 Å². The van der Waals surface area contributed by atoms with E-state index in [0.717, 1.165) is 27.7 Å². The highest BCUT2D eigenvalue weighted by atomic mass is 16.5. The first-order chi connectivity index (χ1) is 16.6. The molecule has 0 unspecified atom stereocenters. The van der Waals surface area contributed by atoms with Gasteiger partial charge in [0.25, 0.3) is 5.91 Å². The minimum Gasteiger partial charge on any atom is -0.464 e. The Morgan fingerprint density at radius 3 is 2.47 bits per heavy atom. The highest BCUT2D eigenvalue weighted by Gasteiger charge is 2.53. The first-order valence-electron chi connectivity index (χ1n) is 11.5. The lowest BCUT2D eigenvalue weighted by molar-refractivity contribution is -0.137. The predicted molar refractivity (Wildman–Crippen MR) is 126 cm³/mol. The standard InChI is InChI=1S/C26H25N3O5/c1-32-25(31)28-15-21(16-28)29-23(27-26(24(29)30)9-12-33-13-10-26)18-4-2-17(3-5-18)19-6-7-22-20(14-19)8-11-34-22/h2-8,11,14,21H,9-10,12-13,15-16H2,1H3. The van der Waals surface area contributed by atoms with Gasteiger partial charge >= 0.3 is 6.09 Å². The van der Waals surface area contributed by atoms with Crippen LogP contribution in [0.25, 0.3) is 22.1 Å². The molecule has 34 heavy (non-hydrogen) atoms. The van der Waals surface area contributed by atoms with Gasteiger partial charge in [-0.15, -0.1) is 0 Å². The van der Waals surface area contributed by atoms with Gasteiger partial charge in [0.05, 0.1) is 19.4 Å². The molecule has 0 atom stereocenters. The number of ether oxygens (including phenoxy) is 2. The van der Waals surface area contributed by atoms with Crippen LogP contribution in [0.1, 0.15) is 18.4 Å². The lowest BCUT2D eigenvalue weighted by atomic mass is 9.89. The number of amides is 2. The van der Waals surface area contributed by atoms with E-state index in [1.54, 1.807) is 16.1 Å². The number of nitrogens with zero attached hydrogens (tertiary/aromatic N) is 3. The molecule has 0 N–H and O–H groups in total. The zero-order valence-electron chi connectivity index (χ0n) is 18.9. The maximum absolute atomic E-state index is 13.6. The second kappa shape index (κ2) is 7.99. The molecular formula is C26H25N3O5. The summed E-state index contributed by atoms with van der Waals surface area (Å²) < 4.78 is 15.8. The van der Waals surface area contributed by atoms with Crippen LogP contribution in [-0.4, -0.2) is 72.6 Å². The Morgan fingerprint density at radius 1 is 1.03 bits per heavy atom. The van der Waals surface area contributed by atoms with Crippen molar-refractivity contribution in [1.82, 2.24) is 9.80 Å². The summed E-state index contributed by atoms with van der Waals surface area (Å²) in [6.07, 6.45) is 2.46. The maximum Gasteiger partial charge on any atom is 0.409 e. The first kappa shape index (κ1) is 20.9. The summed E-state index contributed by atoms with van der Waals surface area (Å²) in [6, 6.07) is 16.1. The molecule has 2 fully saturated rings. The molecule has 2 aromatic carbocycles. The number of carbonyl (C=O) groups excluding carboxylic acids is 2. The summed E-state index contributed by atoms with van der Waals surface area (Å²) in [7, 11) is 1.37. The monoisotopic (exact) mass is 459 g/mol. The molecule has 0 radical (unpaired) electrons. The SMILES string of the molecule is COC(=O)N1CC(N2C(=O)C3(CCOCC3)N=C2c2ccc(-c3ccc4occc4c3)cc2)C1. The molecule has 4 heterocycles. The minimum atomic E-state index is -0.774. The summed E-state index contributed by atoms with van der Waals surface area (Å²) >= 11 is 0. The number of aliphatic imine (C=N–C) groups is 1. The Hall–Kier alpha value is -3.65. The van der Waals surface area contributed by atoms with Gasteiger partial charge in [0.1, 0.15) is 17.0 Å². The number of fused-ring (bicyclic) bond motifs is 1. The Bertz CT molecular complexity index is 1280. The normalized spacial score (nSPS) is 20.0. The number of likely N-dealkylation sites (tertiary alicyclic amines) is 1. The lowest BCUT2D eigenvalue weighted by Crippen LogP contribution is -2.64. The van der Waals surface area contributed by atoms with Gasteiger partial charge in [0.15, 0.2) is 0 Å². The molecule has 3 aliphatic heterocycles. The highest BCUT2D eigenvalue weighted by Crippen LogP contribution is 2.37. The molecular weight excluding hydrogens is 434 g/mol. The summed E-state index contributed by atoms with van der Waals surface area (Å²) in [5.41, 5.74) is 3.14. The Labute approximate surface area is 196 Å². The molecule has 0 bridgehead atoms. The fourth-order valence-corrected chi connectivity index (χ4v) is 5.06. The minimum absolute atomic E-state index is 0.00908. The molecule has 1 spiro atoms. The lowest BCUT2D eigenvalue weighted by Gasteiger charge is -2.44. The Balaban J connectivity index is 1.31. The van der Waals surface area contributed by atoms with Crippen LogP contribution in [0, 0.1) is 0 Å². The first-order valence-corrected chi connectivity index (χ1v) is 11.5. The summed E-state index contributed by atoms with van der Waals surface area (Å²) in [4.78, 5) is 33.9. The summed E-state index contributed by atoms with van der Waals surface area (Å²) in [5.74, 6) is 0.688. The van der Waals surface area contributed by atoms with Gasteiger partial charge in [-0.25, -0.2) is 4.79 Å². The van der Waals surface area contributed by atoms with Crippen molar-refractivity contribution in [3.63, 3.8) is 0 Å². The number of hydrogen-bond donors (Lipinski definition) is 0. The van der Waals surface area contributed by atoms with Crippen molar-refractivity contribution >= 4 is 28.8 Å². The molecule has 2 saturated heterocycles. The van der Waals surface area contributed by atoms with E-state index in [0.29, 0.717) is 45.0 Å². The van der Waals surface area contributed by atoms with Crippen molar-refractivity contribution in [3.8, 4) is 11.1 Å². The van der Waals surface area contributed by atoms with Gasteiger partial charge in [-0.3, -0.25) is 14.7 Å². The Kier molecular flexibility index (Phi) is 4.91. The second-order valence-corrected chi connectivity index (χ2v) is 9.03. The molecule has 3 aliphatic rings. The van der Waals surface area contributed by atoms with Crippen molar-refractivity contribution in [2.24, 2.45) is 4.99 Å². The van der Waals surface area contributed by atoms with Gasteiger partial charge in [0, 0.05) is 50.1 Å². The fraction of sp³-hybridized carbons (Fsp3) is 0.346. The maximum atomic E-state index is 13.6. The average Bonchev–Trinajstić information content (AvgIpc) is 3.42. The number of amidine groups is 1. The van der Waals surface area contributed by atoms with E-state index < -0.39 is 5.54 Å².